The van der Waals surface area contributed by atoms with Crippen LogP contribution < -0.4 is 10.1 Å². The average molecular weight is 455 g/mol. The van der Waals surface area contributed by atoms with Crippen LogP contribution in [0.5, 0.6) is 5.75 Å². The van der Waals surface area contributed by atoms with Gasteiger partial charge in [-0.2, -0.15) is 0 Å². The van der Waals surface area contributed by atoms with Gasteiger partial charge in [0.1, 0.15) is 5.75 Å². The molecule has 156 valence electrons. The first kappa shape index (κ1) is 22.0. The lowest BCUT2D eigenvalue weighted by Gasteiger charge is -2.17. The molecule has 1 unspecified atom stereocenters. The number of nitrogens with zero attached hydrogens (tertiary/aromatic N) is 3. The minimum absolute atomic E-state index is 0.0200. The van der Waals surface area contributed by atoms with E-state index in [4.69, 9.17) is 27.9 Å². The molecule has 3 rings (SSSR count). The first-order valence-electron chi connectivity index (χ1n) is 9.55. The number of allylic oxidation sites excluding steroid dienone is 1. The summed E-state index contributed by atoms with van der Waals surface area (Å²) >= 11 is 13.6. The monoisotopic (exact) mass is 454 g/mol. The van der Waals surface area contributed by atoms with Crippen LogP contribution in [0.25, 0.3) is 0 Å². The number of thioether (sulfide) groups is 1. The van der Waals surface area contributed by atoms with E-state index < -0.39 is 6.10 Å². The van der Waals surface area contributed by atoms with E-state index in [1.165, 1.54) is 24.6 Å². The second kappa shape index (κ2) is 10.4. The third-order valence-corrected chi connectivity index (χ3v) is 6.18. The summed E-state index contributed by atoms with van der Waals surface area (Å²) in [5, 5.41) is 13.3. The van der Waals surface area contributed by atoms with Gasteiger partial charge in [0, 0.05) is 23.7 Å². The van der Waals surface area contributed by atoms with E-state index >= 15 is 0 Å². The van der Waals surface area contributed by atoms with Crippen LogP contribution in [0, 0.1) is 0 Å². The maximum Gasteiger partial charge on any atom is 0.230 e. The Morgan fingerprint density at radius 1 is 1.41 bits per heavy atom. The predicted octanol–water partition coefficient (Wildman–Crippen LogP) is 5.06. The van der Waals surface area contributed by atoms with Gasteiger partial charge in [-0.15, -0.1) is 16.8 Å². The van der Waals surface area contributed by atoms with Gasteiger partial charge in [-0.05, 0) is 31.9 Å². The molecule has 1 fully saturated rings. The van der Waals surface area contributed by atoms with E-state index in [-0.39, 0.29) is 5.91 Å². The Hall–Kier alpha value is -1.70. The zero-order valence-electron chi connectivity index (χ0n) is 16.2. The smallest absolute Gasteiger partial charge is 0.230 e. The van der Waals surface area contributed by atoms with Crippen molar-refractivity contribution in [3.8, 4) is 5.75 Å². The molecule has 1 aliphatic rings. The number of carbonyl (C=O) groups excluding carboxylic acids is 1. The second-order valence-electron chi connectivity index (χ2n) is 6.91. The molecule has 1 aromatic heterocycles. The van der Waals surface area contributed by atoms with Crippen LogP contribution in [-0.2, 0) is 11.3 Å². The number of ether oxygens (including phenoxy) is 1. The molecule has 0 radical (unpaired) electrons. The van der Waals surface area contributed by atoms with Gasteiger partial charge in [0.25, 0.3) is 0 Å². The van der Waals surface area contributed by atoms with Crippen LogP contribution in [-0.4, -0.2) is 32.5 Å². The Bertz CT molecular complexity index is 868. The number of hydrogen-bond acceptors (Lipinski definition) is 5. The molecule has 1 heterocycles. The molecule has 1 aromatic carbocycles. The normalized spacial score (nSPS) is 15.3. The molecule has 0 aliphatic heterocycles. The van der Waals surface area contributed by atoms with Crippen LogP contribution in [0.3, 0.4) is 0 Å². The van der Waals surface area contributed by atoms with Crippen molar-refractivity contribution in [1.82, 2.24) is 20.1 Å². The first-order valence-corrected chi connectivity index (χ1v) is 11.3. The molecule has 29 heavy (non-hydrogen) atoms. The molecule has 6 nitrogen and oxygen atoms in total. The fraction of sp³-hybridized carbons (Fsp3) is 0.450. The molecule has 1 aliphatic carbocycles. The molecule has 1 atom stereocenters. The Balaban J connectivity index is 1.67. The van der Waals surface area contributed by atoms with E-state index in [9.17, 15) is 4.79 Å². The highest BCUT2D eigenvalue weighted by Gasteiger charge is 2.22. The molecule has 2 aromatic rings. The van der Waals surface area contributed by atoms with Crippen molar-refractivity contribution in [2.45, 2.75) is 56.5 Å². The van der Waals surface area contributed by atoms with E-state index in [1.54, 1.807) is 24.3 Å². The third kappa shape index (κ3) is 5.90. The van der Waals surface area contributed by atoms with Gasteiger partial charge >= 0.3 is 0 Å². The standard InChI is InChI=1S/C20H24Cl2N4O2S/c1-3-10-26-19(13(2)28-17-11-14(21)8-9-16(17)22)24-25-20(26)29-12-18(27)23-15-6-4-5-7-15/h3,8-9,11,13,15H,1,4-7,10,12H2,2H3,(H,23,27). The molecule has 1 saturated carbocycles. The summed E-state index contributed by atoms with van der Waals surface area (Å²) in [6.07, 6.45) is 5.84. The summed E-state index contributed by atoms with van der Waals surface area (Å²) in [5.41, 5.74) is 0. The van der Waals surface area contributed by atoms with E-state index in [0.717, 1.165) is 12.8 Å². The van der Waals surface area contributed by atoms with Gasteiger partial charge in [-0.3, -0.25) is 9.36 Å². The largest absolute Gasteiger partial charge is 0.481 e. The topological polar surface area (TPSA) is 69.0 Å². The Labute approximate surface area is 185 Å². The van der Waals surface area contributed by atoms with Gasteiger partial charge in [-0.25, -0.2) is 0 Å². The van der Waals surface area contributed by atoms with E-state index in [0.29, 0.717) is 45.1 Å². The maximum atomic E-state index is 12.2. The predicted molar refractivity (Wildman–Crippen MR) is 117 cm³/mol. The zero-order chi connectivity index (χ0) is 20.8. The number of halogens is 2. The second-order valence-corrected chi connectivity index (χ2v) is 8.70. The quantitative estimate of drug-likeness (QED) is 0.423. The zero-order valence-corrected chi connectivity index (χ0v) is 18.6. The van der Waals surface area contributed by atoms with Crippen LogP contribution in [0.4, 0.5) is 0 Å². The number of aromatic nitrogens is 3. The summed E-state index contributed by atoms with van der Waals surface area (Å²) in [5.74, 6) is 1.41. The SMILES string of the molecule is C=CCn1c(SCC(=O)NC2CCCC2)nnc1C(C)Oc1cc(Cl)ccc1Cl. The van der Waals surface area contributed by atoms with Crippen LogP contribution in [0.1, 0.15) is 44.5 Å². The van der Waals surface area contributed by atoms with Gasteiger partial charge < -0.3 is 10.1 Å². The lowest BCUT2D eigenvalue weighted by molar-refractivity contribution is -0.119. The fourth-order valence-corrected chi connectivity index (χ4v) is 4.38. The number of nitrogens with one attached hydrogen (secondary N) is 1. The number of amides is 1. The highest BCUT2D eigenvalue weighted by Crippen LogP contribution is 2.32. The van der Waals surface area contributed by atoms with Gasteiger partial charge in [0.05, 0.1) is 10.8 Å². The van der Waals surface area contributed by atoms with E-state index in [1.807, 2.05) is 11.5 Å². The summed E-state index contributed by atoms with van der Waals surface area (Å²) in [6.45, 7) is 6.18. The lowest BCUT2D eigenvalue weighted by Crippen LogP contribution is -2.33. The van der Waals surface area contributed by atoms with Crippen molar-refractivity contribution in [3.05, 3.63) is 46.7 Å². The van der Waals surface area contributed by atoms with Crippen LogP contribution >= 0.6 is 35.0 Å². The van der Waals surface area contributed by atoms with Crippen molar-refractivity contribution >= 4 is 40.9 Å². The third-order valence-electron chi connectivity index (χ3n) is 4.67. The highest BCUT2D eigenvalue weighted by atomic mass is 35.5. The summed E-state index contributed by atoms with van der Waals surface area (Å²) < 4.78 is 7.86. The molecule has 1 N–H and O–H groups in total. The molecule has 0 bridgehead atoms. The number of benzene rings is 1. The molecular weight excluding hydrogens is 431 g/mol. The van der Waals surface area contributed by atoms with Gasteiger partial charge in [-0.1, -0.05) is 53.9 Å². The molecule has 0 saturated heterocycles. The van der Waals surface area contributed by atoms with Gasteiger partial charge in [0.2, 0.25) is 5.91 Å². The van der Waals surface area contributed by atoms with Crippen molar-refractivity contribution in [1.29, 1.82) is 0 Å². The van der Waals surface area contributed by atoms with Crippen LogP contribution in [0.15, 0.2) is 36.0 Å². The highest BCUT2D eigenvalue weighted by molar-refractivity contribution is 7.99. The van der Waals surface area contributed by atoms with Crippen molar-refractivity contribution in [2.24, 2.45) is 0 Å². The lowest BCUT2D eigenvalue weighted by atomic mass is 10.2. The number of rotatable bonds is 9. The Kier molecular flexibility index (Phi) is 7.86. The minimum Gasteiger partial charge on any atom is -0.481 e. The molecular formula is C20H24Cl2N4O2S. The number of carbonyl (C=O) groups is 1. The summed E-state index contributed by atoms with van der Waals surface area (Å²) in [7, 11) is 0. The minimum atomic E-state index is -0.417. The van der Waals surface area contributed by atoms with Crippen LogP contribution in [0.2, 0.25) is 10.0 Å². The Morgan fingerprint density at radius 2 is 2.17 bits per heavy atom. The average Bonchev–Trinajstić information content (AvgIpc) is 3.33. The van der Waals surface area contributed by atoms with Crippen molar-refractivity contribution in [3.63, 3.8) is 0 Å². The first-order chi connectivity index (χ1) is 14.0. The Morgan fingerprint density at radius 3 is 2.90 bits per heavy atom. The molecule has 1 amide bonds. The van der Waals surface area contributed by atoms with Crippen molar-refractivity contribution < 1.29 is 9.53 Å². The molecule has 9 heteroatoms. The molecule has 0 spiro atoms. The fourth-order valence-electron chi connectivity index (χ4n) is 3.29. The van der Waals surface area contributed by atoms with Gasteiger partial charge in [0.15, 0.2) is 17.1 Å². The summed E-state index contributed by atoms with van der Waals surface area (Å²) in [4.78, 5) is 12.2. The van der Waals surface area contributed by atoms with Crippen molar-refractivity contribution in [2.75, 3.05) is 5.75 Å². The van der Waals surface area contributed by atoms with E-state index in [2.05, 4.69) is 22.1 Å². The number of hydrogen-bond donors (Lipinski definition) is 1. The summed E-state index contributed by atoms with van der Waals surface area (Å²) in [6, 6.07) is 5.36. The maximum absolute atomic E-state index is 12.2.